The highest BCUT2D eigenvalue weighted by molar-refractivity contribution is 8.15. The number of halogens is 1. The molecule has 1 aliphatic rings. The van der Waals surface area contributed by atoms with E-state index in [1.807, 2.05) is 24.3 Å². The number of benzene rings is 2. The Bertz CT molecular complexity index is 906. The quantitative estimate of drug-likeness (QED) is 0.690. The first-order valence-corrected chi connectivity index (χ1v) is 9.29. The molecule has 0 spiro atoms. The van der Waals surface area contributed by atoms with E-state index in [1.54, 1.807) is 29.2 Å². The number of aromatic nitrogens is 1. The Morgan fingerprint density at radius 1 is 1.17 bits per heavy atom. The third-order valence-corrected chi connectivity index (χ3v) is 5.51. The summed E-state index contributed by atoms with van der Waals surface area (Å²) in [5, 5.41) is 6.29. The maximum absolute atomic E-state index is 12.2. The summed E-state index contributed by atoms with van der Waals surface area (Å²) in [5.41, 5.74) is 4.64. The molecular formula is C16H11ClN4OS2. The number of carbonyl (C=O) groups excluding carboxylic acids is 1. The fraction of sp³-hybridized carbons (Fsp3) is 0.0625. The summed E-state index contributed by atoms with van der Waals surface area (Å²) >= 11 is 8.83. The Balaban J connectivity index is 1.60. The number of nitrogens with one attached hydrogen (secondary N) is 1. The predicted molar refractivity (Wildman–Crippen MR) is 102 cm³/mol. The summed E-state index contributed by atoms with van der Waals surface area (Å²) < 4.78 is 1.09. The molecule has 0 aliphatic carbocycles. The number of anilines is 2. The molecule has 2 heterocycles. The van der Waals surface area contributed by atoms with E-state index in [1.165, 1.54) is 23.1 Å². The van der Waals surface area contributed by atoms with Gasteiger partial charge in [-0.05, 0) is 36.4 Å². The number of thioether (sulfide) groups is 1. The van der Waals surface area contributed by atoms with Gasteiger partial charge in [-0.1, -0.05) is 46.8 Å². The number of nitrogens with zero attached hydrogens (tertiary/aromatic N) is 3. The SMILES string of the molecule is O=C1CS/C(=N/Nc2nc3ccccc3s2)N1c1ccc(Cl)cc1. The molecule has 1 amide bonds. The monoisotopic (exact) mass is 374 g/mol. The molecule has 1 saturated heterocycles. The second kappa shape index (κ2) is 6.43. The molecular weight excluding hydrogens is 364 g/mol. The molecule has 0 unspecified atom stereocenters. The lowest BCUT2D eigenvalue weighted by atomic mass is 10.3. The summed E-state index contributed by atoms with van der Waals surface area (Å²) in [5.74, 6) is 0.357. The van der Waals surface area contributed by atoms with Crippen LogP contribution in [0, 0.1) is 0 Å². The van der Waals surface area contributed by atoms with Crippen LogP contribution in [0.15, 0.2) is 53.6 Å². The van der Waals surface area contributed by atoms with Crippen LogP contribution in [0.25, 0.3) is 10.2 Å². The summed E-state index contributed by atoms with van der Waals surface area (Å²) in [4.78, 5) is 18.2. The maximum atomic E-state index is 12.2. The van der Waals surface area contributed by atoms with Crippen LogP contribution < -0.4 is 10.3 Å². The minimum atomic E-state index is -0.00725. The van der Waals surface area contributed by atoms with Gasteiger partial charge in [-0.25, -0.2) is 10.4 Å². The number of amides is 1. The number of carbonyl (C=O) groups is 1. The zero-order chi connectivity index (χ0) is 16.5. The Kier molecular flexibility index (Phi) is 4.13. The van der Waals surface area contributed by atoms with Crippen molar-refractivity contribution in [3.05, 3.63) is 53.6 Å². The van der Waals surface area contributed by atoms with Crippen molar-refractivity contribution in [3.8, 4) is 0 Å². The van der Waals surface area contributed by atoms with Crippen LogP contribution in [0.4, 0.5) is 10.8 Å². The lowest BCUT2D eigenvalue weighted by Gasteiger charge is -2.15. The molecule has 1 fully saturated rings. The number of amidine groups is 1. The smallest absolute Gasteiger partial charge is 0.243 e. The molecule has 1 N–H and O–H groups in total. The van der Waals surface area contributed by atoms with E-state index in [-0.39, 0.29) is 5.91 Å². The van der Waals surface area contributed by atoms with Crippen LogP contribution >= 0.6 is 34.7 Å². The normalized spacial score (nSPS) is 16.3. The van der Waals surface area contributed by atoms with Gasteiger partial charge in [0.1, 0.15) is 0 Å². The molecule has 0 bridgehead atoms. The Morgan fingerprint density at radius 3 is 2.75 bits per heavy atom. The summed E-state index contributed by atoms with van der Waals surface area (Å²) in [6, 6.07) is 15.0. The van der Waals surface area contributed by atoms with Crippen molar-refractivity contribution in [2.24, 2.45) is 5.10 Å². The van der Waals surface area contributed by atoms with E-state index >= 15 is 0 Å². The van der Waals surface area contributed by atoms with Crippen LogP contribution in [0.1, 0.15) is 0 Å². The fourth-order valence-corrected chi connectivity index (χ4v) is 4.07. The Labute approximate surface area is 151 Å². The first-order chi connectivity index (χ1) is 11.7. The van der Waals surface area contributed by atoms with E-state index in [0.717, 1.165) is 15.9 Å². The number of fused-ring (bicyclic) bond motifs is 1. The fourth-order valence-electron chi connectivity index (χ4n) is 2.30. The van der Waals surface area contributed by atoms with Crippen molar-refractivity contribution in [2.45, 2.75) is 0 Å². The predicted octanol–water partition coefficient (Wildman–Crippen LogP) is 4.41. The average molecular weight is 375 g/mol. The molecule has 2 aromatic carbocycles. The van der Waals surface area contributed by atoms with Gasteiger partial charge in [0.15, 0.2) is 5.17 Å². The summed E-state index contributed by atoms with van der Waals surface area (Å²) in [7, 11) is 0. The highest BCUT2D eigenvalue weighted by Gasteiger charge is 2.29. The van der Waals surface area contributed by atoms with Crippen LogP contribution in [-0.2, 0) is 4.79 Å². The second-order valence-electron chi connectivity index (χ2n) is 4.99. The van der Waals surface area contributed by atoms with Gasteiger partial charge in [0, 0.05) is 5.02 Å². The number of rotatable bonds is 3. The van der Waals surface area contributed by atoms with Gasteiger partial charge < -0.3 is 0 Å². The summed E-state index contributed by atoms with van der Waals surface area (Å²) in [6.45, 7) is 0. The zero-order valence-electron chi connectivity index (χ0n) is 12.3. The summed E-state index contributed by atoms with van der Waals surface area (Å²) in [6.07, 6.45) is 0. The van der Waals surface area contributed by atoms with Gasteiger partial charge in [0.25, 0.3) is 0 Å². The van der Waals surface area contributed by atoms with Gasteiger partial charge in [0.05, 0.1) is 21.7 Å². The van der Waals surface area contributed by atoms with Gasteiger partial charge in [-0.3, -0.25) is 9.69 Å². The molecule has 0 atom stereocenters. The van der Waals surface area contributed by atoms with E-state index in [0.29, 0.717) is 21.1 Å². The topological polar surface area (TPSA) is 57.6 Å². The first kappa shape index (κ1) is 15.4. The molecule has 5 nitrogen and oxygen atoms in total. The molecule has 24 heavy (non-hydrogen) atoms. The average Bonchev–Trinajstić information content (AvgIpc) is 3.17. The van der Waals surface area contributed by atoms with Crippen LogP contribution in [0.5, 0.6) is 0 Å². The van der Waals surface area contributed by atoms with Crippen molar-refractivity contribution in [2.75, 3.05) is 16.1 Å². The number of hydrazone groups is 1. The first-order valence-electron chi connectivity index (χ1n) is 7.11. The van der Waals surface area contributed by atoms with E-state index in [2.05, 4.69) is 15.5 Å². The third-order valence-electron chi connectivity index (χ3n) is 3.39. The van der Waals surface area contributed by atoms with Crippen molar-refractivity contribution < 1.29 is 4.79 Å². The van der Waals surface area contributed by atoms with Crippen molar-refractivity contribution >= 4 is 66.8 Å². The molecule has 4 rings (SSSR count). The van der Waals surface area contributed by atoms with E-state index in [4.69, 9.17) is 11.6 Å². The lowest BCUT2D eigenvalue weighted by Crippen LogP contribution is -2.29. The van der Waals surface area contributed by atoms with Gasteiger partial charge >= 0.3 is 0 Å². The van der Waals surface area contributed by atoms with Crippen LogP contribution in [0.2, 0.25) is 5.02 Å². The molecule has 0 saturated carbocycles. The standard InChI is InChI=1S/C16H11ClN4OS2/c17-10-5-7-11(8-6-10)21-14(22)9-23-16(21)20-19-15-18-12-3-1-2-4-13(12)24-15/h1-8H,9H2,(H,18,19)/b20-16+. The number of hydrogen-bond acceptors (Lipinski definition) is 6. The second-order valence-corrected chi connectivity index (χ2v) is 7.40. The van der Waals surface area contributed by atoms with E-state index < -0.39 is 0 Å². The third kappa shape index (κ3) is 2.98. The Morgan fingerprint density at radius 2 is 1.96 bits per heavy atom. The van der Waals surface area contributed by atoms with E-state index in [9.17, 15) is 4.79 Å². The van der Waals surface area contributed by atoms with Crippen LogP contribution in [-0.4, -0.2) is 21.8 Å². The molecule has 0 radical (unpaired) electrons. The van der Waals surface area contributed by atoms with Gasteiger partial charge in [0.2, 0.25) is 11.0 Å². The van der Waals surface area contributed by atoms with Crippen molar-refractivity contribution in [3.63, 3.8) is 0 Å². The Hall–Kier alpha value is -2.09. The maximum Gasteiger partial charge on any atom is 0.243 e. The molecule has 120 valence electrons. The molecule has 1 aliphatic heterocycles. The van der Waals surface area contributed by atoms with Crippen molar-refractivity contribution in [1.29, 1.82) is 0 Å². The minimum absolute atomic E-state index is 0.00725. The lowest BCUT2D eigenvalue weighted by molar-refractivity contribution is -0.115. The van der Waals surface area contributed by atoms with Crippen LogP contribution in [0.3, 0.4) is 0 Å². The van der Waals surface area contributed by atoms with Crippen molar-refractivity contribution in [1.82, 2.24) is 4.98 Å². The number of hydrogen-bond donors (Lipinski definition) is 1. The van der Waals surface area contributed by atoms with Gasteiger partial charge in [-0.2, -0.15) is 0 Å². The number of thiazole rings is 1. The molecule has 3 aromatic rings. The highest BCUT2D eigenvalue weighted by atomic mass is 35.5. The minimum Gasteiger partial charge on any atom is -0.273 e. The largest absolute Gasteiger partial charge is 0.273 e. The molecule has 1 aromatic heterocycles. The zero-order valence-corrected chi connectivity index (χ0v) is 14.7. The number of para-hydroxylation sites is 1. The molecule has 8 heteroatoms. The highest BCUT2D eigenvalue weighted by Crippen LogP contribution is 2.29. The van der Waals surface area contributed by atoms with Gasteiger partial charge in [-0.15, -0.1) is 5.10 Å².